The number of rotatable bonds is 5. The lowest BCUT2D eigenvalue weighted by molar-refractivity contribution is 0.354. The van der Waals surface area contributed by atoms with E-state index in [1.54, 1.807) is 24.3 Å². The molecular formula is C14H14ClNO4S. The van der Waals surface area contributed by atoms with E-state index in [1.807, 2.05) is 0 Å². The van der Waals surface area contributed by atoms with Gasteiger partial charge in [-0.1, -0.05) is 23.7 Å². The van der Waals surface area contributed by atoms with Crippen molar-refractivity contribution in [3.8, 4) is 11.5 Å². The molecule has 0 radical (unpaired) electrons. The Morgan fingerprint density at radius 1 is 1.00 bits per heavy atom. The van der Waals surface area contributed by atoms with Gasteiger partial charge in [0, 0.05) is 6.07 Å². The second-order valence-corrected chi connectivity index (χ2v) is 6.19. The highest BCUT2D eigenvalue weighted by atomic mass is 35.5. The minimum atomic E-state index is -3.76. The van der Waals surface area contributed by atoms with E-state index in [4.69, 9.17) is 21.1 Å². The van der Waals surface area contributed by atoms with Crippen molar-refractivity contribution in [2.45, 2.75) is 4.90 Å². The van der Waals surface area contributed by atoms with E-state index in [1.165, 1.54) is 32.4 Å². The summed E-state index contributed by atoms with van der Waals surface area (Å²) < 4.78 is 37.3. The van der Waals surface area contributed by atoms with Crippen molar-refractivity contribution in [3.05, 3.63) is 47.5 Å². The summed E-state index contributed by atoms with van der Waals surface area (Å²) in [5, 5.41) is 0.321. The molecule has 5 nitrogen and oxygen atoms in total. The third-order valence-electron chi connectivity index (χ3n) is 2.78. The number of nitrogens with one attached hydrogen (secondary N) is 1. The molecule has 0 amide bonds. The van der Waals surface area contributed by atoms with E-state index in [2.05, 4.69) is 4.72 Å². The van der Waals surface area contributed by atoms with Gasteiger partial charge in [-0.15, -0.1) is 0 Å². The summed E-state index contributed by atoms with van der Waals surface area (Å²) in [6.45, 7) is 0. The first-order valence-corrected chi connectivity index (χ1v) is 7.83. The molecule has 21 heavy (non-hydrogen) atoms. The van der Waals surface area contributed by atoms with Crippen molar-refractivity contribution in [1.82, 2.24) is 0 Å². The molecular weight excluding hydrogens is 314 g/mol. The van der Waals surface area contributed by atoms with Crippen LogP contribution in [0.4, 0.5) is 5.69 Å². The zero-order valence-electron chi connectivity index (χ0n) is 11.5. The molecule has 1 N–H and O–H groups in total. The molecule has 0 aromatic heterocycles. The maximum Gasteiger partial charge on any atom is 0.262 e. The summed E-state index contributed by atoms with van der Waals surface area (Å²) in [6, 6.07) is 10.9. The molecule has 2 rings (SSSR count). The van der Waals surface area contributed by atoms with E-state index < -0.39 is 10.0 Å². The Bertz CT molecular complexity index is 746. The molecule has 0 bridgehead atoms. The van der Waals surface area contributed by atoms with Crippen molar-refractivity contribution < 1.29 is 17.9 Å². The van der Waals surface area contributed by atoms with Crippen LogP contribution in [0.5, 0.6) is 11.5 Å². The lowest BCUT2D eigenvalue weighted by Gasteiger charge is -2.12. The third kappa shape index (κ3) is 3.40. The number of benzene rings is 2. The Kier molecular flexibility index (Phi) is 4.59. The summed E-state index contributed by atoms with van der Waals surface area (Å²) in [7, 11) is -0.843. The van der Waals surface area contributed by atoms with Gasteiger partial charge in [0.2, 0.25) is 0 Å². The second-order valence-electron chi connectivity index (χ2n) is 4.10. The smallest absolute Gasteiger partial charge is 0.262 e. The molecule has 0 aliphatic rings. The maximum absolute atomic E-state index is 12.4. The van der Waals surface area contributed by atoms with Gasteiger partial charge in [-0.25, -0.2) is 8.42 Å². The summed E-state index contributed by atoms with van der Waals surface area (Å²) in [4.78, 5) is 0.0556. The standard InChI is InChI=1S/C14H14ClNO4S/c1-19-13-8-7-10(9-14(13)20-2)21(17,18)16-12-6-4-3-5-11(12)15/h3-9,16H,1-2H3. The normalized spacial score (nSPS) is 11.0. The molecule has 0 aliphatic heterocycles. The lowest BCUT2D eigenvalue weighted by Crippen LogP contribution is -2.13. The number of ether oxygens (including phenoxy) is 2. The fraction of sp³-hybridized carbons (Fsp3) is 0.143. The van der Waals surface area contributed by atoms with Crippen LogP contribution in [-0.4, -0.2) is 22.6 Å². The van der Waals surface area contributed by atoms with Crippen LogP contribution in [0.25, 0.3) is 0 Å². The predicted molar refractivity (Wildman–Crippen MR) is 81.8 cm³/mol. The molecule has 0 aliphatic carbocycles. The molecule has 112 valence electrons. The number of anilines is 1. The van der Waals surface area contributed by atoms with E-state index in [0.29, 0.717) is 22.2 Å². The number of hydrogen-bond donors (Lipinski definition) is 1. The summed E-state index contributed by atoms with van der Waals surface area (Å²) in [6.07, 6.45) is 0. The van der Waals surface area contributed by atoms with E-state index in [9.17, 15) is 8.42 Å². The van der Waals surface area contributed by atoms with Crippen LogP contribution in [0.1, 0.15) is 0 Å². The SMILES string of the molecule is COc1ccc(S(=O)(=O)Nc2ccccc2Cl)cc1OC. The van der Waals surface area contributed by atoms with Gasteiger partial charge in [-0.2, -0.15) is 0 Å². The van der Waals surface area contributed by atoms with Crippen molar-refractivity contribution in [1.29, 1.82) is 0 Å². The van der Waals surface area contributed by atoms with Crippen molar-refractivity contribution in [2.24, 2.45) is 0 Å². The van der Waals surface area contributed by atoms with Crippen LogP contribution in [0.3, 0.4) is 0 Å². The Morgan fingerprint density at radius 2 is 1.67 bits per heavy atom. The third-order valence-corrected chi connectivity index (χ3v) is 4.48. The Balaban J connectivity index is 2.38. The van der Waals surface area contributed by atoms with Crippen LogP contribution in [-0.2, 0) is 10.0 Å². The molecule has 0 unspecified atom stereocenters. The molecule has 0 saturated carbocycles. The minimum absolute atomic E-state index is 0.0556. The van der Waals surface area contributed by atoms with Crippen LogP contribution in [0, 0.1) is 0 Å². The highest BCUT2D eigenvalue weighted by Crippen LogP contribution is 2.31. The summed E-state index contributed by atoms with van der Waals surface area (Å²) in [5.74, 6) is 0.786. The van der Waals surface area contributed by atoms with Gasteiger partial charge in [0.1, 0.15) is 0 Å². The highest BCUT2D eigenvalue weighted by Gasteiger charge is 2.18. The average Bonchev–Trinajstić information content (AvgIpc) is 2.48. The lowest BCUT2D eigenvalue weighted by atomic mass is 10.3. The average molecular weight is 328 g/mol. The maximum atomic E-state index is 12.4. The van der Waals surface area contributed by atoms with Crippen molar-refractivity contribution in [3.63, 3.8) is 0 Å². The van der Waals surface area contributed by atoms with Gasteiger partial charge in [-0.3, -0.25) is 4.72 Å². The van der Waals surface area contributed by atoms with Gasteiger partial charge in [0.05, 0.1) is 29.8 Å². The number of para-hydroxylation sites is 1. The molecule has 0 spiro atoms. The molecule has 2 aromatic carbocycles. The van der Waals surface area contributed by atoms with Gasteiger partial charge in [-0.05, 0) is 24.3 Å². The van der Waals surface area contributed by atoms with E-state index in [-0.39, 0.29) is 4.90 Å². The first-order chi connectivity index (χ1) is 9.97. The van der Waals surface area contributed by atoms with Gasteiger partial charge < -0.3 is 9.47 Å². The Labute approximate surface area is 128 Å². The highest BCUT2D eigenvalue weighted by molar-refractivity contribution is 7.92. The monoisotopic (exact) mass is 327 g/mol. The van der Waals surface area contributed by atoms with Gasteiger partial charge >= 0.3 is 0 Å². The second kappa shape index (κ2) is 6.24. The van der Waals surface area contributed by atoms with Crippen LogP contribution in [0.15, 0.2) is 47.4 Å². The Hall–Kier alpha value is -1.92. The molecule has 0 fully saturated rings. The Morgan fingerprint density at radius 3 is 2.29 bits per heavy atom. The molecule has 0 heterocycles. The molecule has 2 aromatic rings. The zero-order valence-corrected chi connectivity index (χ0v) is 13.0. The predicted octanol–water partition coefficient (Wildman–Crippen LogP) is 3.16. The van der Waals surface area contributed by atoms with Crippen molar-refractivity contribution in [2.75, 3.05) is 18.9 Å². The summed E-state index contributed by atoms with van der Waals surface area (Å²) >= 11 is 5.95. The molecule has 0 saturated heterocycles. The fourth-order valence-electron chi connectivity index (χ4n) is 1.73. The first-order valence-electron chi connectivity index (χ1n) is 5.97. The number of hydrogen-bond acceptors (Lipinski definition) is 4. The minimum Gasteiger partial charge on any atom is -0.493 e. The topological polar surface area (TPSA) is 64.6 Å². The molecule has 0 atom stereocenters. The number of sulfonamides is 1. The first kappa shape index (κ1) is 15.5. The van der Waals surface area contributed by atoms with E-state index >= 15 is 0 Å². The van der Waals surface area contributed by atoms with Crippen molar-refractivity contribution >= 4 is 27.3 Å². The summed E-state index contributed by atoms with van der Waals surface area (Å²) in [5.41, 5.74) is 0.314. The fourth-order valence-corrected chi connectivity index (χ4v) is 3.07. The van der Waals surface area contributed by atoms with Crippen LogP contribution < -0.4 is 14.2 Å². The van der Waals surface area contributed by atoms with Crippen LogP contribution in [0.2, 0.25) is 5.02 Å². The van der Waals surface area contributed by atoms with Crippen LogP contribution >= 0.6 is 11.6 Å². The largest absolute Gasteiger partial charge is 0.493 e. The zero-order chi connectivity index (χ0) is 15.5. The number of halogens is 1. The molecule has 7 heteroatoms. The number of methoxy groups -OCH3 is 2. The van der Waals surface area contributed by atoms with Gasteiger partial charge in [0.25, 0.3) is 10.0 Å². The van der Waals surface area contributed by atoms with E-state index in [0.717, 1.165) is 0 Å². The quantitative estimate of drug-likeness (QED) is 0.916. The van der Waals surface area contributed by atoms with Gasteiger partial charge in [0.15, 0.2) is 11.5 Å².